The summed E-state index contributed by atoms with van der Waals surface area (Å²) in [5, 5.41) is 6.40. The largest absolute Gasteiger partial charge is 0.322 e. The van der Waals surface area contributed by atoms with Crippen LogP contribution in [-0.4, -0.2) is 12.5 Å². The fraction of sp³-hybridized carbons (Fsp3) is 0.235. The van der Waals surface area contributed by atoms with Gasteiger partial charge in [-0.05, 0) is 64.6 Å². The number of benzene rings is 2. The lowest BCUT2D eigenvalue weighted by atomic mass is 9.99. The maximum atomic E-state index is 12.5. The van der Waals surface area contributed by atoms with Crippen LogP contribution in [0.2, 0.25) is 0 Å². The molecule has 0 radical (unpaired) electrons. The van der Waals surface area contributed by atoms with E-state index in [4.69, 9.17) is 0 Å². The summed E-state index contributed by atoms with van der Waals surface area (Å²) >= 11 is 3.50. The Labute approximate surface area is 132 Å². The van der Waals surface area contributed by atoms with E-state index in [1.54, 1.807) is 0 Å². The van der Waals surface area contributed by atoms with Crippen LogP contribution in [-0.2, 0) is 13.0 Å². The van der Waals surface area contributed by atoms with E-state index in [-0.39, 0.29) is 5.91 Å². The Morgan fingerprint density at radius 2 is 2.05 bits per heavy atom. The fourth-order valence-electron chi connectivity index (χ4n) is 2.64. The van der Waals surface area contributed by atoms with Gasteiger partial charge >= 0.3 is 0 Å². The summed E-state index contributed by atoms with van der Waals surface area (Å²) in [6, 6.07) is 11.8. The zero-order valence-corrected chi connectivity index (χ0v) is 13.5. The van der Waals surface area contributed by atoms with Gasteiger partial charge in [0.2, 0.25) is 0 Å². The van der Waals surface area contributed by atoms with E-state index in [9.17, 15) is 4.79 Å². The quantitative estimate of drug-likeness (QED) is 0.872. The number of hydrogen-bond acceptors (Lipinski definition) is 2. The molecule has 1 amide bonds. The zero-order chi connectivity index (χ0) is 14.8. The maximum absolute atomic E-state index is 12.5. The van der Waals surface area contributed by atoms with Crippen molar-refractivity contribution in [3.8, 4) is 0 Å². The van der Waals surface area contributed by atoms with E-state index in [2.05, 4.69) is 32.6 Å². The van der Waals surface area contributed by atoms with Crippen LogP contribution < -0.4 is 10.6 Å². The van der Waals surface area contributed by atoms with Crippen molar-refractivity contribution >= 4 is 27.5 Å². The maximum Gasteiger partial charge on any atom is 0.256 e. The normalized spacial score (nSPS) is 13.6. The van der Waals surface area contributed by atoms with Crippen molar-refractivity contribution in [1.29, 1.82) is 0 Å². The lowest BCUT2D eigenvalue weighted by molar-refractivity contribution is 0.102. The number of carbonyl (C=O) groups is 1. The molecule has 1 aliphatic rings. The van der Waals surface area contributed by atoms with Crippen molar-refractivity contribution in [2.45, 2.75) is 19.9 Å². The molecule has 0 bridgehead atoms. The molecule has 0 saturated heterocycles. The van der Waals surface area contributed by atoms with Crippen molar-refractivity contribution in [2.75, 3.05) is 11.9 Å². The summed E-state index contributed by atoms with van der Waals surface area (Å²) in [6.45, 7) is 3.78. The second-order valence-electron chi connectivity index (χ2n) is 5.26. The molecular formula is C17H17BrN2O. The van der Waals surface area contributed by atoms with Crippen LogP contribution in [0, 0.1) is 6.92 Å². The Morgan fingerprint density at radius 1 is 1.24 bits per heavy atom. The van der Waals surface area contributed by atoms with Crippen molar-refractivity contribution in [1.82, 2.24) is 5.32 Å². The molecule has 4 heteroatoms. The summed E-state index contributed by atoms with van der Waals surface area (Å²) in [6.07, 6.45) is 1.01. The third-order valence-electron chi connectivity index (χ3n) is 3.83. The average Bonchev–Trinajstić information content (AvgIpc) is 2.50. The highest BCUT2D eigenvalue weighted by Gasteiger charge is 2.16. The third kappa shape index (κ3) is 2.87. The Kier molecular flexibility index (Phi) is 4.08. The number of halogens is 1. The van der Waals surface area contributed by atoms with Gasteiger partial charge in [0.1, 0.15) is 0 Å². The molecule has 3 nitrogen and oxygen atoms in total. The molecule has 2 aromatic rings. The number of fused-ring (bicyclic) bond motifs is 1. The second-order valence-corrected chi connectivity index (χ2v) is 6.05. The van der Waals surface area contributed by atoms with E-state index >= 15 is 0 Å². The molecule has 2 N–H and O–H groups in total. The van der Waals surface area contributed by atoms with Gasteiger partial charge in [-0.1, -0.05) is 24.3 Å². The summed E-state index contributed by atoms with van der Waals surface area (Å²) < 4.78 is 0.852. The SMILES string of the molecule is Cc1cccc(C(=O)Nc2cccc3c2CNCC3)c1Br. The number of aryl methyl sites for hydroxylation is 1. The molecule has 0 atom stereocenters. The molecule has 0 spiro atoms. The molecule has 1 aliphatic heterocycles. The molecule has 0 unspecified atom stereocenters. The second kappa shape index (κ2) is 6.00. The highest BCUT2D eigenvalue weighted by atomic mass is 79.9. The van der Waals surface area contributed by atoms with E-state index in [1.807, 2.05) is 37.3 Å². The lowest BCUT2D eigenvalue weighted by Crippen LogP contribution is -2.25. The first-order valence-electron chi connectivity index (χ1n) is 7.05. The zero-order valence-electron chi connectivity index (χ0n) is 11.9. The predicted octanol–water partition coefficient (Wildman–Crippen LogP) is 3.66. The van der Waals surface area contributed by atoms with Gasteiger partial charge in [-0.15, -0.1) is 0 Å². The number of hydrogen-bond donors (Lipinski definition) is 2. The highest BCUT2D eigenvalue weighted by molar-refractivity contribution is 9.10. The predicted molar refractivity (Wildman–Crippen MR) is 88.7 cm³/mol. The Balaban J connectivity index is 1.90. The van der Waals surface area contributed by atoms with Crippen LogP contribution in [0.3, 0.4) is 0 Å². The van der Waals surface area contributed by atoms with Crippen molar-refractivity contribution in [3.63, 3.8) is 0 Å². The summed E-state index contributed by atoms with van der Waals surface area (Å²) in [5.41, 5.74) is 5.13. The van der Waals surface area contributed by atoms with Crippen LogP contribution in [0.5, 0.6) is 0 Å². The molecule has 1 heterocycles. The third-order valence-corrected chi connectivity index (χ3v) is 4.88. The molecule has 0 aliphatic carbocycles. The minimum atomic E-state index is -0.0791. The molecule has 2 aromatic carbocycles. The van der Waals surface area contributed by atoms with E-state index in [1.165, 1.54) is 11.1 Å². The number of rotatable bonds is 2. The topological polar surface area (TPSA) is 41.1 Å². The summed E-state index contributed by atoms with van der Waals surface area (Å²) in [4.78, 5) is 12.5. The minimum absolute atomic E-state index is 0.0791. The fourth-order valence-corrected chi connectivity index (χ4v) is 3.09. The van der Waals surface area contributed by atoms with Crippen LogP contribution in [0.15, 0.2) is 40.9 Å². The lowest BCUT2D eigenvalue weighted by Gasteiger charge is -2.20. The van der Waals surface area contributed by atoms with Gasteiger partial charge in [0, 0.05) is 16.7 Å². The van der Waals surface area contributed by atoms with Crippen LogP contribution >= 0.6 is 15.9 Å². The van der Waals surface area contributed by atoms with Gasteiger partial charge in [-0.3, -0.25) is 4.79 Å². The highest BCUT2D eigenvalue weighted by Crippen LogP contribution is 2.26. The first-order chi connectivity index (χ1) is 10.2. The number of carbonyl (C=O) groups excluding carboxylic acids is 1. The van der Waals surface area contributed by atoms with Crippen molar-refractivity contribution in [3.05, 3.63) is 63.1 Å². The first-order valence-corrected chi connectivity index (χ1v) is 7.84. The van der Waals surface area contributed by atoms with Crippen molar-refractivity contribution in [2.24, 2.45) is 0 Å². The molecule has 0 saturated carbocycles. The van der Waals surface area contributed by atoms with Gasteiger partial charge in [0.25, 0.3) is 5.91 Å². The van der Waals surface area contributed by atoms with Crippen molar-refractivity contribution < 1.29 is 4.79 Å². The Bertz CT molecular complexity index is 697. The Hall–Kier alpha value is -1.65. The van der Waals surface area contributed by atoms with Gasteiger partial charge in [-0.2, -0.15) is 0 Å². The first kappa shape index (κ1) is 14.3. The average molecular weight is 345 g/mol. The van der Waals surface area contributed by atoms with Gasteiger partial charge in [-0.25, -0.2) is 0 Å². The van der Waals surface area contributed by atoms with Crippen LogP contribution in [0.1, 0.15) is 27.0 Å². The standard InChI is InChI=1S/C17H17BrN2O/c1-11-4-2-6-13(16(11)18)17(21)20-15-7-3-5-12-8-9-19-10-14(12)15/h2-7,19H,8-10H2,1H3,(H,20,21). The van der Waals surface area contributed by atoms with E-state index in [0.29, 0.717) is 5.56 Å². The molecule has 0 aromatic heterocycles. The Morgan fingerprint density at radius 3 is 2.90 bits per heavy atom. The molecule has 0 fully saturated rings. The molecule has 3 rings (SSSR count). The summed E-state index contributed by atoms with van der Waals surface area (Å²) in [7, 11) is 0. The van der Waals surface area contributed by atoms with Gasteiger partial charge < -0.3 is 10.6 Å². The van der Waals surface area contributed by atoms with Crippen LogP contribution in [0.4, 0.5) is 5.69 Å². The molecular weight excluding hydrogens is 328 g/mol. The minimum Gasteiger partial charge on any atom is -0.322 e. The van der Waals surface area contributed by atoms with Gasteiger partial charge in [0.05, 0.1) is 5.56 Å². The van der Waals surface area contributed by atoms with E-state index in [0.717, 1.165) is 35.2 Å². The monoisotopic (exact) mass is 344 g/mol. The summed E-state index contributed by atoms with van der Waals surface area (Å²) in [5.74, 6) is -0.0791. The van der Waals surface area contributed by atoms with E-state index < -0.39 is 0 Å². The van der Waals surface area contributed by atoms with Crippen LogP contribution in [0.25, 0.3) is 0 Å². The number of anilines is 1. The molecule has 21 heavy (non-hydrogen) atoms. The molecule has 108 valence electrons. The number of nitrogens with one attached hydrogen (secondary N) is 2. The smallest absolute Gasteiger partial charge is 0.256 e. The number of amides is 1. The van der Waals surface area contributed by atoms with Gasteiger partial charge in [0.15, 0.2) is 0 Å².